The van der Waals surface area contributed by atoms with Gasteiger partial charge >= 0.3 is 11.8 Å². The monoisotopic (exact) mass is 432 g/mol. The van der Waals surface area contributed by atoms with Crippen LogP contribution in [0.3, 0.4) is 0 Å². The molecular weight excluding hydrogens is 412 g/mol. The number of aromatic nitrogens is 1. The predicted molar refractivity (Wildman–Crippen MR) is 111 cm³/mol. The second-order valence-electron chi connectivity index (χ2n) is 7.13. The fraction of sp³-hybridized carbons (Fsp3) is 0.400. The summed E-state index contributed by atoms with van der Waals surface area (Å²) in [5.41, 5.74) is 1.31. The van der Waals surface area contributed by atoms with Crippen molar-refractivity contribution in [3.8, 4) is 10.6 Å². The van der Waals surface area contributed by atoms with Crippen LogP contribution in [0.5, 0.6) is 0 Å². The average molecular weight is 433 g/mol. The maximum Gasteiger partial charge on any atom is 0.312 e. The van der Waals surface area contributed by atoms with Gasteiger partial charge in [-0.3, -0.25) is 14.4 Å². The smallest absolute Gasteiger partial charge is 0.312 e. The molecule has 2 saturated heterocycles. The van der Waals surface area contributed by atoms with Gasteiger partial charge in [-0.2, -0.15) is 0 Å². The number of halogens is 1. The molecule has 0 N–H and O–H groups in total. The molecule has 0 saturated carbocycles. The molecule has 3 amide bonds. The topological polar surface area (TPSA) is 73.8 Å². The molecule has 0 aliphatic carbocycles. The number of rotatable bonds is 2. The van der Waals surface area contributed by atoms with Crippen molar-refractivity contribution in [3.05, 3.63) is 40.4 Å². The number of hydrogen-bond acceptors (Lipinski definition) is 5. The minimum atomic E-state index is -0.460. The molecule has 0 spiro atoms. The molecule has 0 unspecified atom stereocenters. The van der Waals surface area contributed by atoms with Crippen LogP contribution in [-0.4, -0.2) is 76.7 Å². The van der Waals surface area contributed by atoms with Crippen LogP contribution in [0.2, 0.25) is 5.02 Å². The quantitative estimate of drug-likeness (QED) is 0.683. The SMILES string of the molecule is O=C(C(=O)N1CCN(C(=O)c2csc(-c3ccc(Cl)cc3)n2)CC1)N1CCCC1. The molecule has 2 aromatic rings. The Bertz CT molecular complexity index is 916. The first kappa shape index (κ1) is 19.8. The molecule has 7 nitrogen and oxygen atoms in total. The van der Waals surface area contributed by atoms with Gasteiger partial charge < -0.3 is 14.7 Å². The molecule has 1 aromatic carbocycles. The molecule has 0 radical (unpaired) electrons. The van der Waals surface area contributed by atoms with Gasteiger partial charge in [0.05, 0.1) is 0 Å². The van der Waals surface area contributed by atoms with Crippen molar-refractivity contribution in [1.82, 2.24) is 19.7 Å². The van der Waals surface area contributed by atoms with E-state index < -0.39 is 11.8 Å². The van der Waals surface area contributed by atoms with Crippen LogP contribution < -0.4 is 0 Å². The summed E-state index contributed by atoms with van der Waals surface area (Å²) in [6.07, 6.45) is 1.90. The Balaban J connectivity index is 1.35. The summed E-state index contributed by atoms with van der Waals surface area (Å²) < 4.78 is 0. The summed E-state index contributed by atoms with van der Waals surface area (Å²) in [4.78, 5) is 46.8. The lowest BCUT2D eigenvalue weighted by molar-refractivity contribution is -0.152. The first-order valence-corrected chi connectivity index (χ1v) is 10.9. The molecule has 1 aromatic heterocycles. The highest BCUT2D eigenvalue weighted by atomic mass is 35.5. The van der Waals surface area contributed by atoms with Gasteiger partial charge in [-0.15, -0.1) is 11.3 Å². The zero-order valence-electron chi connectivity index (χ0n) is 15.8. The third-order valence-electron chi connectivity index (χ3n) is 5.24. The summed E-state index contributed by atoms with van der Waals surface area (Å²) in [7, 11) is 0. The van der Waals surface area contributed by atoms with Crippen molar-refractivity contribution in [2.24, 2.45) is 0 Å². The van der Waals surface area contributed by atoms with Gasteiger partial charge in [-0.1, -0.05) is 23.7 Å². The van der Waals surface area contributed by atoms with Crippen molar-refractivity contribution < 1.29 is 14.4 Å². The lowest BCUT2D eigenvalue weighted by atomic mass is 10.2. The molecule has 152 valence electrons. The molecule has 4 rings (SSSR count). The van der Waals surface area contributed by atoms with E-state index in [9.17, 15) is 14.4 Å². The summed E-state index contributed by atoms with van der Waals surface area (Å²) in [6.45, 7) is 2.82. The average Bonchev–Trinajstić information content (AvgIpc) is 3.45. The molecule has 0 atom stereocenters. The lowest BCUT2D eigenvalue weighted by Gasteiger charge is -2.34. The zero-order valence-corrected chi connectivity index (χ0v) is 17.4. The van der Waals surface area contributed by atoms with Crippen LogP contribution in [0.1, 0.15) is 23.3 Å². The molecule has 9 heteroatoms. The standard InChI is InChI=1S/C20H21ClN4O3S/c21-15-5-3-14(4-6-15)17-22-16(13-29-17)18(26)24-9-11-25(12-10-24)20(28)19(27)23-7-1-2-8-23/h3-6,13H,1-2,7-12H2. The minimum absolute atomic E-state index is 0.153. The first-order chi connectivity index (χ1) is 14.0. The molecule has 2 aliphatic rings. The summed E-state index contributed by atoms with van der Waals surface area (Å²) >= 11 is 7.33. The summed E-state index contributed by atoms with van der Waals surface area (Å²) in [6, 6.07) is 7.33. The Morgan fingerprint density at radius 3 is 2.00 bits per heavy atom. The number of piperazine rings is 1. The number of carbonyl (C=O) groups excluding carboxylic acids is 3. The van der Waals surface area contributed by atoms with Gasteiger partial charge in [-0.25, -0.2) is 4.98 Å². The second-order valence-corrected chi connectivity index (χ2v) is 8.42. The van der Waals surface area contributed by atoms with E-state index in [2.05, 4.69) is 4.98 Å². The molecule has 3 heterocycles. The van der Waals surface area contributed by atoms with Crippen molar-refractivity contribution in [2.45, 2.75) is 12.8 Å². The Morgan fingerprint density at radius 1 is 0.828 bits per heavy atom. The van der Waals surface area contributed by atoms with Crippen LogP contribution in [-0.2, 0) is 9.59 Å². The minimum Gasteiger partial charge on any atom is -0.334 e. The van der Waals surface area contributed by atoms with Crippen molar-refractivity contribution >= 4 is 40.7 Å². The third kappa shape index (κ3) is 4.28. The van der Waals surface area contributed by atoms with Gasteiger partial charge in [0.2, 0.25) is 0 Å². The molecular formula is C20H21ClN4O3S. The number of hydrogen-bond donors (Lipinski definition) is 0. The van der Waals surface area contributed by atoms with Crippen LogP contribution in [0, 0.1) is 0 Å². The second kappa shape index (κ2) is 8.51. The maximum absolute atomic E-state index is 12.8. The Kier molecular flexibility index (Phi) is 5.82. The van der Waals surface area contributed by atoms with E-state index in [1.54, 1.807) is 32.2 Å². The van der Waals surface area contributed by atoms with Gasteiger partial charge in [0.1, 0.15) is 10.7 Å². The van der Waals surface area contributed by atoms with Crippen LogP contribution >= 0.6 is 22.9 Å². The van der Waals surface area contributed by atoms with Gasteiger partial charge in [0, 0.05) is 55.2 Å². The first-order valence-electron chi connectivity index (χ1n) is 9.62. The Hall–Kier alpha value is -2.45. The van der Waals surface area contributed by atoms with E-state index in [0.29, 0.717) is 50.0 Å². The lowest BCUT2D eigenvalue weighted by Crippen LogP contribution is -2.54. The molecule has 0 bridgehead atoms. The van der Waals surface area contributed by atoms with Gasteiger partial charge in [0.15, 0.2) is 0 Å². The number of amides is 3. The number of carbonyl (C=O) groups is 3. The fourth-order valence-corrected chi connectivity index (χ4v) is 4.49. The van der Waals surface area contributed by atoms with E-state index in [4.69, 9.17) is 11.6 Å². The normalized spacial score (nSPS) is 16.9. The highest BCUT2D eigenvalue weighted by Crippen LogP contribution is 2.25. The molecule has 2 aliphatic heterocycles. The van der Waals surface area contributed by atoms with E-state index in [1.165, 1.54) is 11.3 Å². The fourth-order valence-electron chi connectivity index (χ4n) is 3.56. The number of benzene rings is 1. The summed E-state index contributed by atoms with van der Waals surface area (Å²) in [5.74, 6) is -1.04. The third-order valence-corrected chi connectivity index (χ3v) is 6.39. The Labute approximate surface area is 177 Å². The van der Waals surface area contributed by atoms with Crippen molar-refractivity contribution in [3.63, 3.8) is 0 Å². The van der Waals surface area contributed by atoms with Gasteiger partial charge in [0.25, 0.3) is 5.91 Å². The summed E-state index contributed by atoms with van der Waals surface area (Å²) in [5, 5.41) is 3.16. The van der Waals surface area contributed by atoms with Crippen LogP contribution in [0.25, 0.3) is 10.6 Å². The van der Waals surface area contributed by atoms with Crippen LogP contribution in [0.15, 0.2) is 29.6 Å². The van der Waals surface area contributed by atoms with E-state index in [1.807, 2.05) is 12.1 Å². The van der Waals surface area contributed by atoms with Crippen LogP contribution in [0.4, 0.5) is 0 Å². The largest absolute Gasteiger partial charge is 0.334 e. The van der Waals surface area contributed by atoms with E-state index in [0.717, 1.165) is 23.4 Å². The van der Waals surface area contributed by atoms with Crippen molar-refractivity contribution in [2.75, 3.05) is 39.3 Å². The number of thiazole rings is 1. The highest BCUT2D eigenvalue weighted by Gasteiger charge is 2.32. The highest BCUT2D eigenvalue weighted by molar-refractivity contribution is 7.13. The molecule has 29 heavy (non-hydrogen) atoms. The van der Waals surface area contributed by atoms with Crippen molar-refractivity contribution in [1.29, 1.82) is 0 Å². The zero-order chi connectivity index (χ0) is 20.4. The van der Waals surface area contributed by atoms with Gasteiger partial charge in [-0.05, 0) is 25.0 Å². The van der Waals surface area contributed by atoms with E-state index >= 15 is 0 Å². The van der Waals surface area contributed by atoms with E-state index in [-0.39, 0.29) is 5.91 Å². The number of likely N-dealkylation sites (tertiary alicyclic amines) is 1. The maximum atomic E-state index is 12.8. The molecule has 2 fully saturated rings. The number of nitrogens with zero attached hydrogens (tertiary/aromatic N) is 4. The predicted octanol–water partition coefficient (Wildman–Crippen LogP) is 2.37. The Morgan fingerprint density at radius 2 is 1.38 bits per heavy atom.